The topological polar surface area (TPSA) is 25.8 Å². The van der Waals surface area contributed by atoms with Gasteiger partial charge in [0, 0.05) is 22.1 Å². The first-order chi connectivity index (χ1) is 26.2. The van der Waals surface area contributed by atoms with E-state index in [2.05, 4.69) is 182 Å². The minimum atomic E-state index is 0.972. The van der Waals surface area contributed by atoms with Crippen LogP contribution in [0.5, 0.6) is 0 Å². The fraction of sp³-hybridized carbons (Fsp3) is 0. The van der Waals surface area contributed by atoms with E-state index in [9.17, 15) is 0 Å². The van der Waals surface area contributed by atoms with Crippen molar-refractivity contribution in [1.29, 1.82) is 0 Å². The summed E-state index contributed by atoms with van der Waals surface area (Å²) in [6.45, 7) is 0. The van der Waals surface area contributed by atoms with E-state index in [-0.39, 0.29) is 0 Å². The van der Waals surface area contributed by atoms with Gasteiger partial charge in [-0.2, -0.15) is 0 Å². The van der Waals surface area contributed by atoms with Crippen LogP contribution in [0.1, 0.15) is 0 Å². The predicted octanol–water partition coefficient (Wildman–Crippen LogP) is 14.0. The summed E-state index contributed by atoms with van der Waals surface area (Å²) in [7, 11) is 0. The molecule has 10 aromatic rings. The van der Waals surface area contributed by atoms with Crippen molar-refractivity contribution in [1.82, 2.24) is 9.97 Å². The van der Waals surface area contributed by atoms with Crippen LogP contribution in [-0.2, 0) is 0 Å². The third-order valence-electron chi connectivity index (χ3n) is 10.1. The molecule has 0 unspecified atom stereocenters. The smallest absolute Gasteiger partial charge is 0.124 e. The molecule has 8 aromatic carbocycles. The van der Waals surface area contributed by atoms with Gasteiger partial charge >= 0.3 is 0 Å². The fourth-order valence-corrected chi connectivity index (χ4v) is 8.45. The van der Waals surface area contributed by atoms with Crippen molar-refractivity contribution in [2.24, 2.45) is 0 Å². The predicted molar refractivity (Wildman–Crippen MR) is 225 cm³/mol. The average molecular weight is 693 g/mol. The summed E-state index contributed by atoms with van der Waals surface area (Å²) in [5, 5.41) is 5.80. The molecule has 0 saturated carbocycles. The number of nitrogens with zero attached hydrogens (tertiary/aromatic N) is 2. The van der Waals surface area contributed by atoms with Gasteiger partial charge in [-0.15, -0.1) is 11.3 Å². The number of thiazole rings is 1. The SMILES string of the molecule is c1ccc(-c2cc3ccccc3c(-c3cccc(-c4c(-c5cccc(-c6ccc7sc(-c8ccccc8)nc7c6)c5)ccc5ccccc45)c3)n2)cc1. The first kappa shape index (κ1) is 31.1. The standard InChI is InChI=1S/C50H32N2S/c1-3-14-34(15-4-1)45-32-39-18-8-10-24-44(39)49(51-45)41-22-12-21-40(30-41)48-42-23-9-7-13-33(42)25-27-43(48)38-20-11-19-36(29-38)37-26-28-47-46(31-37)52-50(53-47)35-16-5-2-6-17-35/h1-32H. The van der Waals surface area contributed by atoms with Crippen molar-refractivity contribution in [2.45, 2.75) is 0 Å². The van der Waals surface area contributed by atoms with E-state index in [4.69, 9.17) is 9.97 Å². The molecule has 2 nitrogen and oxygen atoms in total. The van der Waals surface area contributed by atoms with Crippen molar-refractivity contribution >= 4 is 43.1 Å². The Labute approximate surface area is 312 Å². The van der Waals surface area contributed by atoms with Gasteiger partial charge in [-0.25, -0.2) is 9.97 Å². The number of hydrogen-bond donors (Lipinski definition) is 0. The van der Waals surface area contributed by atoms with Crippen molar-refractivity contribution in [3.63, 3.8) is 0 Å². The molecular weight excluding hydrogens is 661 g/mol. The number of rotatable bonds is 6. The van der Waals surface area contributed by atoms with Crippen molar-refractivity contribution in [3.05, 3.63) is 194 Å². The van der Waals surface area contributed by atoms with Crippen LogP contribution in [0.15, 0.2) is 194 Å². The van der Waals surface area contributed by atoms with Crippen LogP contribution in [0.4, 0.5) is 0 Å². The number of aromatic nitrogens is 2. The summed E-state index contributed by atoms with van der Waals surface area (Å²) in [5.41, 5.74) is 13.4. The molecule has 0 aliphatic heterocycles. The second-order valence-electron chi connectivity index (χ2n) is 13.4. The lowest BCUT2D eigenvalue weighted by molar-refractivity contribution is 1.35. The maximum atomic E-state index is 5.30. The fourth-order valence-electron chi connectivity index (χ4n) is 7.50. The molecule has 0 atom stereocenters. The highest BCUT2D eigenvalue weighted by Crippen LogP contribution is 2.42. The molecule has 3 heteroatoms. The third kappa shape index (κ3) is 5.78. The summed E-state index contributed by atoms with van der Waals surface area (Å²) in [5.74, 6) is 0. The zero-order valence-corrected chi connectivity index (χ0v) is 29.6. The highest BCUT2D eigenvalue weighted by molar-refractivity contribution is 7.21. The summed E-state index contributed by atoms with van der Waals surface area (Å²) in [6.07, 6.45) is 0. The summed E-state index contributed by atoms with van der Waals surface area (Å²) < 4.78 is 1.19. The molecule has 53 heavy (non-hydrogen) atoms. The second-order valence-corrected chi connectivity index (χ2v) is 14.4. The lowest BCUT2D eigenvalue weighted by Crippen LogP contribution is -1.93. The molecule has 0 bridgehead atoms. The third-order valence-corrected chi connectivity index (χ3v) is 11.2. The van der Waals surface area contributed by atoms with Gasteiger partial charge in [0.25, 0.3) is 0 Å². The summed E-state index contributed by atoms with van der Waals surface area (Å²) in [4.78, 5) is 10.3. The summed E-state index contributed by atoms with van der Waals surface area (Å²) in [6, 6.07) is 69.4. The first-order valence-corrected chi connectivity index (χ1v) is 18.7. The number of hydrogen-bond acceptors (Lipinski definition) is 3. The van der Waals surface area contributed by atoms with E-state index in [0.29, 0.717) is 0 Å². The zero-order valence-electron chi connectivity index (χ0n) is 28.8. The molecule has 0 saturated heterocycles. The van der Waals surface area contributed by atoms with E-state index in [1.54, 1.807) is 11.3 Å². The van der Waals surface area contributed by atoms with Gasteiger partial charge in [-0.3, -0.25) is 0 Å². The Bertz CT molecular complexity index is 2950. The highest BCUT2D eigenvalue weighted by atomic mass is 32.1. The molecule has 10 rings (SSSR count). The van der Waals surface area contributed by atoms with E-state index < -0.39 is 0 Å². The average Bonchev–Trinajstić information content (AvgIpc) is 3.67. The van der Waals surface area contributed by atoms with Gasteiger partial charge in [-0.1, -0.05) is 164 Å². The maximum absolute atomic E-state index is 5.30. The quantitative estimate of drug-likeness (QED) is 0.173. The van der Waals surface area contributed by atoms with Gasteiger partial charge in [0.05, 0.1) is 21.6 Å². The van der Waals surface area contributed by atoms with Crippen LogP contribution in [0.25, 0.3) is 98.2 Å². The molecule has 0 aliphatic rings. The Hall–Kier alpha value is -6.68. The molecule has 0 fully saturated rings. The molecule has 0 aliphatic carbocycles. The molecule has 2 heterocycles. The van der Waals surface area contributed by atoms with Crippen LogP contribution in [0.3, 0.4) is 0 Å². The Morgan fingerprint density at radius 2 is 0.981 bits per heavy atom. The Kier molecular flexibility index (Phi) is 7.71. The van der Waals surface area contributed by atoms with E-state index in [0.717, 1.165) is 55.1 Å². The van der Waals surface area contributed by atoms with Crippen LogP contribution >= 0.6 is 11.3 Å². The van der Waals surface area contributed by atoms with Crippen molar-refractivity contribution in [3.8, 4) is 66.5 Å². The Morgan fingerprint density at radius 1 is 0.358 bits per heavy atom. The molecular formula is C50H32N2S. The lowest BCUT2D eigenvalue weighted by Gasteiger charge is -2.17. The van der Waals surface area contributed by atoms with Crippen molar-refractivity contribution < 1.29 is 0 Å². The second kappa shape index (κ2) is 13.1. The highest BCUT2D eigenvalue weighted by Gasteiger charge is 2.16. The molecule has 248 valence electrons. The van der Waals surface area contributed by atoms with E-state index in [1.807, 2.05) is 12.1 Å². The minimum Gasteiger partial charge on any atom is -0.247 e. The zero-order chi connectivity index (χ0) is 35.1. The van der Waals surface area contributed by atoms with Gasteiger partial charge in [0.1, 0.15) is 5.01 Å². The molecule has 0 N–H and O–H groups in total. The minimum absolute atomic E-state index is 0.972. The number of fused-ring (bicyclic) bond motifs is 3. The van der Waals surface area contributed by atoms with Gasteiger partial charge in [0.15, 0.2) is 0 Å². The largest absolute Gasteiger partial charge is 0.247 e. The maximum Gasteiger partial charge on any atom is 0.124 e. The van der Waals surface area contributed by atoms with Crippen LogP contribution in [0, 0.1) is 0 Å². The monoisotopic (exact) mass is 692 g/mol. The Morgan fingerprint density at radius 3 is 1.81 bits per heavy atom. The number of benzene rings is 8. The Balaban J connectivity index is 1.11. The lowest BCUT2D eigenvalue weighted by atomic mass is 9.88. The van der Waals surface area contributed by atoms with Crippen LogP contribution in [-0.4, -0.2) is 9.97 Å². The van der Waals surface area contributed by atoms with Gasteiger partial charge < -0.3 is 0 Å². The van der Waals surface area contributed by atoms with Crippen LogP contribution < -0.4 is 0 Å². The van der Waals surface area contributed by atoms with Gasteiger partial charge in [-0.05, 0) is 79.9 Å². The molecule has 0 spiro atoms. The normalized spacial score (nSPS) is 11.4. The first-order valence-electron chi connectivity index (χ1n) is 17.9. The molecule has 0 radical (unpaired) electrons. The van der Waals surface area contributed by atoms with Crippen LogP contribution in [0.2, 0.25) is 0 Å². The molecule has 2 aromatic heterocycles. The molecule has 0 amide bonds. The van der Waals surface area contributed by atoms with Gasteiger partial charge in [0.2, 0.25) is 0 Å². The number of pyridine rings is 1. The van der Waals surface area contributed by atoms with E-state index in [1.165, 1.54) is 43.1 Å². The van der Waals surface area contributed by atoms with E-state index >= 15 is 0 Å². The van der Waals surface area contributed by atoms with Crippen molar-refractivity contribution in [2.75, 3.05) is 0 Å². The summed E-state index contributed by atoms with van der Waals surface area (Å²) >= 11 is 1.74.